The van der Waals surface area contributed by atoms with Crippen molar-refractivity contribution in [3.8, 4) is 0 Å². The van der Waals surface area contributed by atoms with Crippen LogP contribution in [-0.2, 0) is 13.1 Å². The molecule has 2 rings (SSSR count). The van der Waals surface area contributed by atoms with E-state index in [2.05, 4.69) is 82.9 Å². The van der Waals surface area contributed by atoms with Crippen molar-refractivity contribution in [3.05, 3.63) is 57.4 Å². The third kappa shape index (κ3) is 4.83. The molecule has 0 aliphatic carbocycles. The van der Waals surface area contributed by atoms with E-state index in [1.807, 2.05) is 6.07 Å². The zero-order chi connectivity index (χ0) is 15.2. The van der Waals surface area contributed by atoms with E-state index < -0.39 is 0 Å². The summed E-state index contributed by atoms with van der Waals surface area (Å²) in [5, 5.41) is 12.9. The lowest BCUT2D eigenvalue weighted by Gasteiger charge is -2.20. The molecule has 0 bridgehead atoms. The van der Waals surface area contributed by atoms with Crippen molar-refractivity contribution in [2.45, 2.75) is 33.0 Å². The fourth-order valence-electron chi connectivity index (χ4n) is 2.34. The molecule has 1 heterocycles. The summed E-state index contributed by atoms with van der Waals surface area (Å²) >= 11 is 2.35. The summed E-state index contributed by atoms with van der Waals surface area (Å²) in [6.45, 7) is 6.08. The number of aliphatic hydroxyl groups excluding tert-OH is 1. The molecule has 2 N–H and O–H groups in total. The van der Waals surface area contributed by atoms with Gasteiger partial charge in [-0.15, -0.1) is 0 Å². The molecule has 1 aromatic heterocycles. The SMILES string of the molecule is CC(C)C(CO)NCc1cc(I)cn1Cc1ccccc1. The van der Waals surface area contributed by atoms with Gasteiger partial charge in [-0.2, -0.15) is 0 Å². The van der Waals surface area contributed by atoms with Crippen molar-refractivity contribution in [2.75, 3.05) is 6.61 Å². The Labute approximate surface area is 140 Å². The van der Waals surface area contributed by atoms with Crippen LogP contribution in [0, 0.1) is 9.49 Å². The highest BCUT2D eigenvalue weighted by Gasteiger charge is 2.13. The van der Waals surface area contributed by atoms with Crippen LogP contribution in [0.3, 0.4) is 0 Å². The van der Waals surface area contributed by atoms with Crippen LogP contribution in [0.4, 0.5) is 0 Å². The van der Waals surface area contributed by atoms with Gasteiger partial charge in [-0.05, 0) is 40.1 Å². The Kier molecular flexibility index (Phi) is 6.26. The molecule has 1 atom stereocenters. The van der Waals surface area contributed by atoms with Gasteiger partial charge in [-0.25, -0.2) is 0 Å². The molecule has 0 aliphatic rings. The largest absolute Gasteiger partial charge is 0.395 e. The average molecular weight is 398 g/mol. The van der Waals surface area contributed by atoms with Gasteiger partial charge >= 0.3 is 0 Å². The molecular formula is C17H23IN2O. The van der Waals surface area contributed by atoms with Crippen molar-refractivity contribution < 1.29 is 5.11 Å². The summed E-state index contributed by atoms with van der Waals surface area (Å²) < 4.78 is 3.52. The number of aromatic nitrogens is 1. The quantitative estimate of drug-likeness (QED) is 0.703. The number of benzene rings is 1. The zero-order valence-electron chi connectivity index (χ0n) is 12.6. The third-order valence-electron chi connectivity index (χ3n) is 3.70. The standard InChI is InChI=1S/C17H23IN2O/c1-13(2)17(12-21)19-9-16-8-15(18)11-20(16)10-14-6-4-3-5-7-14/h3-8,11,13,17,19,21H,9-10,12H2,1-2H3. The van der Waals surface area contributed by atoms with Gasteiger partial charge in [-0.1, -0.05) is 44.2 Å². The van der Waals surface area contributed by atoms with Crippen LogP contribution in [0.2, 0.25) is 0 Å². The normalized spacial score (nSPS) is 12.8. The number of nitrogens with zero attached hydrogens (tertiary/aromatic N) is 1. The first-order chi connectivity index (χ1) is 10.1. The van der Waals surface area contributed by atoms with Crippen LogP contribution in [0.5, 0.6) is 0 Å². The van der Waals surface area contributed by atoms with Crippen molar-refractivity contribution in [2.24, 2.45) is 5.92 Å². The van der Waals surface area contributed by atoms with Crippen LogP contribution in [-0.4, -0.2) is 22.3 Å². The second kappa shape index (κ2) is 7.96. The highest BCUT2D eigenvalue weighted by Crippen LogP contribution is 2.14. The van der Waals surface area contributed by atoms with E-state index in [0.717, 1.165) is 13.1 Å². The Bertz CT molecular complexity index is 551. The minimum absolute atomic E-state index is 0.141. The number of hydrogen-bond acceptors (Lipinski definition) is 2. The van der Waals surface area contributed by atoms with Crippen LogP contribution in [0.25, 0.3) is 0 Å². The van der Waals surface area contributed by atoms with E-state index in [-0.39, 0.29) is 12.6 Å². The monoisotopic (exact) mass is 398 g/mol. The molecule has 1 aromatic carbocycles. The van der Waals surface area contributed by atoms with E-state index in [1.54, 1.807) is 0 Å². The topological polar surface area (TPSA) is 37.2 Å². The van der Waals surface area contributed by atoms with E-state index >= 15 is 0 Å². The fraction of sp³-hybridized carbons (Fsp3) is 0.412. The molecule has 0 saturated heterocycles. The maximum absolute atomic E-state index is 9.41. The summed E-state index contributed by atoms with van der Waals surface area (Å²) in [6.07, 6.45) is 2.17. The molecule has 21 heavy (non-hydrogen) atoms. The summed E-state index contributed by atoms with van der Waals surface area (Å²) in [6, 6.07) is 12.8. The second-order valence-corrected chi connectivity index (χ2v) is 6.92. The molecule has 0 amide bonds. The van der Waals surface area contributed by atoms with Gasteiger partial charge in [-0.3, -0.25) is 0 Å². The molecule has 0 aliphatic heterocycles. The van der Waals surface area contributed by atoms with E-state index in [1.165, 1.54) is 14.8 Å². The first kappa shape index (κ1) is 16.5. The summed E-state index contributed by atoms with van der Waals surface area (Å²) in [4.78, 5) is 0. The van der Waals surface area contributed by atoms with Crippen molar-refractivity contribution >= 4 is 22.6 Å². The Hall–Kier alpha value is -0.850. The van der Waals surface area contributed by atoms with Crippen LogP contribution < -0.4 is 5.32 Å². The van der Waals surface area contributed by atoms with Crippen molar-refractivity contribution in [3.63, 3.8) is 0 Å². The van der Waals surface area contributed by atoms with Crippen molar-refractivity contribution in [1.29, 1.82) is 0 Å². The molecule has 1 unspecified atom stereocenters. The molecule has 114 valence electrons. The molecule has 3 nitrogen and oxygen atoms in total. The first-order valence-electron chi connectivity index (χ1n) is 7.33. The van der Waals surface area contributed by atoms with Gasteiger partial charge in [0.15, 0.2) is 0 Å². The summed E-state index contributed by atoms with van der Waals surface area (Å²) in [5.74, 6) is 0.423. The molecule has 2 aromatic rings. The Morgan fingerprint density at radius 3 is 2.57 bits per heavy atom. The highest BCUT2D eigenvalue weighted by molar-refractivity contribution is 14.1. The van der Waals surface area contributed by atoms with Crippen LogP contribution in [0.1, 0.15) is 25.1 Å². The number of halogens is 1. The minimum atomic E-state index is 0.141. The van der Waals surface area contributed by atoms with Crippen molar-refractivity contribution in [1.82, 2.24) is 9.88 Å². The third-order valence-corrected chi connectivity index (χ3v) is 4.29. The highest BCUT2D eigenvalue weighted by atomic mass is 127. The van der Waals surface area contributed by atoms with Gasteiger partial charge in [0.05, 0.1) is 6.61 Å². The fourth-order valence-corrected chi connectivity index (χ4v) is 3.03. The smallest absolute Gasteiger partial charge is 0.0587 e. The Morgan fingerprint density at radius 2 is 1.95 bits per heavy atom. The van der Waals surface area contributed by atoms with Gasteiger partial charge in [0.1, 0.15) is 0 Å². The first-order valence-corrected chi connectivity index (χ1v) is 8.40. The minimum Gasteiger partial charge on any atom is -0.395 e. The molecule has 0 fully saturated rings. The zero-order valence-corrected chi connectivity index (χ0v) is 14.7. The predicted molar refractivity (Wildman–Crippen MR) is 95.2 cm³/mol. The van der Waals surface area contributed by atoms with Crippen LogP contribution in [0.15, 0.2) is 42.6 Å². The molecule has 0 spiro atoms. The Morgan fingerprint density at radius 1 is 1.24 bits per heavy atom. The van der Waals surface area contributed by atoms with E-state index in [4.69, 9.17) is 0 Å². The Balaban J connectivity index is 2.06. The van der Waals surface area contributed by atoms with Crippen LogP contribution >= 0.6 is 22.6 Å². The van der Waals surface area contributed by atoms with E-state index in [9.17, 15) is 5.11 Å². The maximum atomic E-state index is 9.41. The van der Waals surface area contributed by atoms with Gasteiger partial charge in [0.2, 0.25) is 0 Å². The summed E-state index contributed by atoms with van der Waals surface area (Å²) in [7, 11) is 0. The number of aliphatic hydroxyl groups is 1. The number of hydrogen-bond donors (Lipinski definition) is 2. The lowest BCUT2D eigenvalue weighted by atomic mass is 10.1. The summed E-state index contributed by atoms with van der Waals surface area (Å²) in [5.41, 5.74) is 2.55. The van der Waals surface area contributed by atoms with E-state index in [0.29, 0.717) is 5.92 Å². The molecule has 4 heteroatoms. The van der Waals surface area contributed by atoms with Gasteiger partial charge in [0.25, 0.3) is 0 Å². The average Bonchev–Trinajstić information content (AvgIpc) is 2.80. The predicted octanol–water partition coefficient (Wildman–Crippen LogP) is 3.25. The lowest BCUT2D eigenvalue weighted by molar-refractivity contribution is 0.209. The van der Waals surface area contributed by atoms with Gasteiger partial charge < -0.3 is 15.0 Å². The second-order valence-electron chi connectivity index (χ2n) is 5.68. The van der Waals surface area contributed by atoms with Gasteiger partial charge in [0, 0.05) is 34.6 Å². The lowest BCUT2D eigenvalue weighted by Crippen LogP contribution is -2.37. The number of nitrogens with one attached hydrogen (secondary N) is 1. The molecule has 0 radical (unpaired) electrons. The number of rotatable bonds is 7. The molecular weight excluding hydrogens is 375 g/mol. The maximum Gasteiger partial charge on any atom is 0.0587 e. The molecule has 0 saturated carbocycles.